The van der Waals surface area contributed by atoms with Crippen molar-refractivity contribution in [3.8, 4) is 0 Å². The lowest BCUT2D eigenvalue weighted by atomic mass is 9.86. The van der Waals surface area contributed by atoms with Crippen molar-refractivity contribution >= 4 is 18.2 Å². The minimum absolute atomic E-state index is 0.000880. The average Bonchev–Trinajstić information content (AvgIpc) is 2.86. The molecular weight excluding hydrogens is 324 g/mol. The maximum absolute atomic E-state index is 12.0. The lowest BCUT2D eigenvalue weighted by Crippen LogP contribution is -2.35. The summed E-state index contributed by atoms with van der Waals surface area (Å²) in [5.74, 6) is -2.33. The van der Waals surface area contributed by atoms with E-state index in [1.54, 1.807) is 6.08 Å². The van der Waals surface area contributed by atoms with E-state index in [0.29, 0.717) is 24.7 Å². The van der Waals surface area contributed by atoms with Gasteiger partial charge in [-0.05, 0) is 31.4 Å². The predicted octanol–water partition coefficient (Wildman–Crippen LogP) is 1.92. The van der Waals surface area contributed by atoms with Crippen LogP contribution in [0, 0.1) is 5.92 Å². The molecule has 6 heteroatoms. The van der Waals surface area contributed by atoms with Crippen LogP contribution in [-0.4, -0.2) is 35.5 Å². The third kappa shape index (κ3) is 3.85. The Balaban J connectivity index is 2.56. The smallest absolute Gasteiger partial charge is 0.338 e. The molecule has 0 radical (unpaired) electrons. The Bertz CT molecular complexity index is 724. The molecule has 2 aliphatic rings. The van der Waals surface area contributed by atoms with E-state index in [1.165, 1.54) is 13.0 Å². The van der Waals surface area contributed by atoms with E-state index >= 15 is 0 Å². The Labute approximate surface area is 145 Å². The van der Waals surface area contributed by atoms with E-state index in [0.717, 1.165) is 0 Å². The third-order valence-electron chi connectivity index (χ3n) is 4.09. The lowest BCUT2D eigenvalue weighted by Gasteiger charge is -2.26. The number of hydrogen-bond donors (Lipinski definition) is 1. The molecular formula is C19H20O6. The lowest BCUT2D eigenvalue weighted by molar-refractivity contribution is -0.143. The van der Waals surface area contributed by atoms with Gasteiger partial charge in [-0.2, -0.15) is 0 Å². The van der Waals surface area contributed by atoms with Gasteiger partial charge < -0.3 is 14.6 Å². The van der Waals surface area contributed by atoms with Crippen LogP contribution in [0.15, 0.2) is 59.9 Å². The second kappa shape index (κ2) is 7.44. The molecule has 0 saturated carbocycles. The molecule has 1 fully saturated rings. The van der Waals surface area contributed by atoms with E-state index in [9.17, 15) is 19.5 Å². The molecule has 3 atom stereocenters. The second-order valence-corrected chi connectivity index (χ2v) is 6.05. The fourth-order valence-electron chi connectivity index (χ4n) is 2.66. The van der Waals surface area contributed by atoms with E-state index in [1.807, 2.05) is 0 Å². The first kappa shape index (κ1) is 18.6. The topological polar surface area (TPSA) is 89.9 Å². The van der Waals surface area contributed by atoms with E-state index < -0.39 is 30.1 Å². The molecule has 132 valence electrons. The summed E-state index contributed by atoms with van der Waals surface area (Å²) in [6.07, 6.45) is 2.31. The molecule has 25 heavy (non-hydrogen) atoms. The summed E-state index contributed by atoms with van der Waals surface area (Å²) in [7, 11) is 0. The average molecular weight is 344 g/mol. The summed E-state index contributed by atoms with van der Waals surface area (Å²) in [6, 6.07) is 0. The van der Waals surface area contributed by atoms with Crippen LogP contribution in [0.3, 0.4) is 0 Å². The SMILES string of the molecule is C=C(C)C(=O)OC1=CC(C=O)=CCCC(=C)C(O)C2OC(=O)C(=C)C12. The Morgan fingerprint density at radius 2 is 2.12 bits per heavy atom. The number of carbonyl (C=O) groups is 3. The molecule has 0 spiro atoms. The molecule has 1 aliphatic carbocycles. The number of rotatable bonds is 3. The molecule has 0 aromatic carbocycles. The summed E-state index contributed by atoms with van der Waals surface area (Å²) in [5.41, 5.74) is 0.904. The minimum Gasteiger partial charge on any atom is -0.455 e. The Morgan fingerprint density at radius 3 is 2.72 bits per heavy atom. The Kier molecular flexibility index (Phi) is 5.54. The van der Waals surface area contributed by atoms with Gasteiger partial charge in [-0.15, -0.1) is 0 Å². The zero-order valence-corrected chi connectivity index (χ0v) is 14.0. The maximum atomic E-state index is 12.0. The van der Waals surface area contributed by atoms with Crippen molar-refractivity contribution in [1.29, 1.82) is 0 Å². The van der Waals surface area contributed by atoms with Crippen LogP contribution < -0.4 is 0 Å². The summed E-state index contributed by atoms with van der Waals surface area (Å²) < 4.78 is 10.5. The van der Waals surface area contributed by atoms with Gasteiger partial charge in [0, 0.05) is 16.7 Å². The zero-order valence-electron chi connectivity index (χ0n) is 14.0. The van der Waals surface area contributed by atoms with Crippen molar-refractivity contribution < 1.29 is 29.0 Å². The molecule has 1 saturated heterocycles. The molecule has 0 aromatic heterocycles. The maximum Gasteiger partial charge on any atom is 0.338 e. The van der Waals surface area contributed by atoms with E-state index in [-0.39, 0.29) is 22.5 Å². The van der Waals surface area contributed by atoms with Crippen LogP contribution in [0.25, 0.3) is 0 Å². The second-order valence-electron chi connectivity index (χ2n) is 6.05. The summed E-state index contributed by atoms with van der Waals surface area (Å²) in [6.45, 7) is 12.5. The Hall–Kier alpha value is -2.73. The van der Waals surface area contributed by atoms with Gasteiger partial charge in [-0.1, -0.05) is 25.8 Å². The minimum atomic E-state index is -1.15. The van der Waals surface area contributed by atoms with Gasteiger partial charge in [0.1, 0.15) is 24.3 Å². The summed E-state index contributed by atoms with van der Waals surface area (Å²) in [5, 5.41) is 10.5. The molecule has 2 rings (SSSR count). The molecule has 0 aromatic rings. The summed E-state index contributed by atoms with van der Waals surface area (Å²) in [4.78, 5) is 35.3. The van der Waals surface area contributed by atoms with Crippen LogP contribution in [0.4, 0.5) is 0 Å². The van der Waals surface area contributed by atoms with Gasteiger partial charge in [0.2, 0.25) is 0 Å². The van der Waals surface area contributed by atoms with Crippen LogP contribution in [0.1, 0.15) is 19.8 Å². The number of fused-ring (bicyclic) bond motifs is 1. The standard InChI is InChI=1S/C19H20O6/c1-10(2)18(22)24-14-8-13(9-20)7-5-6-11(3)16(21)17-15(14)12(4)19(23)25-17/h7-9,15-17,21H,1,3-6H2,2H3. The highest BCUT2D eigenvalue weighted by Gasteiger charge is 2.47. The molecule has 0 bridgehead atoms. The van der Waals surface area contributed by atoms with Crippen LogP contribution in [-0.2, 0) is 23.9 Å². The number of carbonyl (C=O) groups excluding carboxylic acids is 3. The molecule has 1 heterocycles. The number of esters is 2. The zero-order chi connectivity index (χ0) is 18.7. The molecule has 1 aliphatic heterocycles. The quantitative estimate of drug-likeness (QED) is 0.364. The van der Waals surface area contributed by atoms with Crippen molar-refractivity contribution in [3.05, 3.63) is 59.9 Å². The number of hydrogen-bond acceptors (Lipinski definition) is 6. The van der Waals surface area contributed by atoms with Crippen molar-refractivity contribution in [2.75, 3.05) is 0 Å². The van der Waals surface area contributed by atoms with E-state index in [2.05, 4.69) is 19.7 Å². The number of aliphatic hydroxyl groups excluding tert-OH is 1. The number of allylic oxidation sites excluding steroid dienone is 3. The highest BCUT2D eigenvalue weighted by atomic mass is 16.6. The number of aldehydes is 1. The highest BCUT2D eigenvalue weighted by molar-refractivity contribution is 5.93. The first-order valence-corrected chi connectivity index (χ1v) is 7.76. The largest absolute Gasteiger partial charge is 0.455 e. The number of aliphatic hydroxyl groups is 1. The van der Waals surface area contributed by atoms with Crippen LogP contribution >= 0.6 is 0 Å². The summed E-state index contributed by atoms with van der Waals surface area (Å²) >= 11 is 0. The Morgan fingerprint density at radius 1 is 1.44 bits per heavy atom. The fraction of sp³-hybridized carbons (Fsp3) is 0.316. The molecule has 1 N–H and O–H groups in total. The normalized spacial score (nSPS) is 26.8. The van der Waals surface area contributed by atoms with Gasteiger partial charge in [0.25, 0.3) is 0 Å². The van der Waals surface area contributed by atoms with Crippen molar-refractivity contribution in [3.63, 3.8) is 0 Å². The van der Waals surface area contributed by atoms with Gasteiger partial charge in [-0.3, -0.25) is 4.79 Å². The third-order valence-corrected chi connectivity index (χ3v) is 4.09. The fourth-order valence-corrected chi connectivity index (χ4v) is 2.66. The predicted molar refractivity (Wildman–Crippen MR) is 90.0 cm³/mol. The van der Waals surface area contributed by atoms with Crippen LogP contribution in [0.2, 0.25) is 0 Å². The van der Waals surface area contributed by atoms with Gasteiger partial charge in [0.15, 0.2) is 0 Å². The van der Waals surface area contributed by atoms with Gasteiger partial charge >= 0.3 is 11.9 Å². The highest BCUT2D eigenvalue weighted by Crippen LogP contribution is 2.38. The molecule has 6 nitrogen and oxygen atoms in total. The van der Waals surface area contributed by atoms with E-state index in [4.69, 9.17) is 9.47 Å². The molecule has 3 unspecified atom stereocenters. The molecule has 0 amide bonds. The van der Waals surface area contributed by atoms with Gasteiger partial charge in [0.05, 0.1) is 5.92 Å². The van der Waals surface area contributed by atoms with Crippen molar-refractivity contribution in [1.82, 2.24) is 0 Å². The van der Waals surface area contributed by atoms with Gasteiger partial charge in [-0.25, -0.2) is 9.59 Å². The number of ether oxygens (including phenoxy) is 2. The van der Waals surface area contributed by atoms with Crippen LogP contribution in [0.5, 0.6) is 0 Å². The van der Waals surface area contributed by atoms with Crippen molar-refractivity contribution in [2.24, 2.45) is 5.92 Å². The first-order valence-electron chi connectivity index (χ1n) is 7.76. The van der Waals surface area contributed by atoms with Crippen molar-refractivity contribution in [2.45, 2.75) is 32.0 Å². The first-order chi connectivity index (χ1) is 11.8. The monoisotopic (exact) mass is 344 g/mol.